The molecule has 7 radical (unpaired) electrons. The first-order valence-corrected chi connectivity index (χ1v) is 5.46. The van der Waals surface area contributed by atoms with Crippen molar-refractivity contribution in [1.82, 2.24) is 0 Å². The maximum Gasteiger partial charge on any atom is 0.281 e. The molecule has 0 spiro atoms. The van der Waals surface area contributed by atoms with Gasteiger partial charge in [-0.3, -0.25) is 14.4 Å². The standard InChI is InChI=1S/C5H6.C4H7BrO.3CO.Mn/c1-2-4-5-3-1;5-3-1-2-4-6;3*1-2;/h1-4H,5H2;4H,1-3H2;;;;. The molecule has 1 aliphatic rings. The molecule has 1 rings (SSSR count). The second-order valence-electron chi connectivity index (χ2n) is 2.09. The predicted molar refractivity (Wildman–Crippen MR) is 69.1 cm³/mol. The summed E-state index contributed by atoms with van der Waals surface area (Å²) in [6.07, 6.45) is 12.1. The summed E-state index contributed by atoms with van der Waals surface area (Å²) in [5.41, 5.74) is 0. The molecule has 0 amide bonds. The Morgan fingerprint density at radius 1 is 1.00 bits per heavy atom. The molecule has 0 atom stereocenters. The first-order chi connectivity index (χ1) is 8.41. The number of hydrogen-bond donors (Lipinski definition) is 0. The second-order valence-corrected chi connectivity index (χ2v) is 2.88. The van der Waals surface area contributed by atoms with Gasteiger partial charge in [0.05, 0.1) is 0 Å². The third-order valence-corrected chi connectivity index (χ3v) is 1.67. The van der Waals surface area contributed by atoms with Gasteiger partial charge in [-0.1, -0.05) is 40.2 Å². The van der Waals surface area contributed by atoms with Gasteiger partial charge in [-0.15, -0.1) is 0 Å². The van der Waals surface area contributed by atoms with Gasteiger partial charge in [-0.2, -0.15) is 0 Å². The molecule has 0 aromatic heterocycles. The molecule has 0 saturated heterocycles. The van der Waals surface area contributed by atoms with E-state index in [1.54, 1.807) is 0 Å². The second kappa shape index (κ2) is 55.8. The summed E-state index contributed by atoms with van der Waals surface area (Å²) in [6, 6.07) is 0. The van der Waals surface area contributed by atoms with E-state index < -0.39 is 0 Å². The molecule has 0 saturated carbocycles. The summed E-state index contributed by atoms with van der Waals surface area (Å²) in [7, 11) is 0. The van der Waals surface area contributed by atoms with Crippen molar-refractivity contribution in [2.75, 3.05) is 5.33 Å². The van der Waals surface area contributed by atoms with Crippen LogP contribution in [0.5, 0.6) is 0 Å². The Morgan fingerprint density at radius 2 is 1.39 bits per heavy atom. The Morgan fingerprint density at radius 3 is 1.50 bits per heavy atom. The van der Waals surface area contributed by atoms with Crippen molar-refractivity contribution >= 4 is 42.6 Å². The minimum atomic E-state index is 0. The molecule has 0 aromatic carbocycles. The number of halogens is 1. The van der Waals surface area contributed by atoms with E-state index in [0.29, 0.717) is 6.42 Å². The first kappa shape index (κ1) is 30.3. The number of unbranched alkanes of at least 4 members (excludes halogenated alkanes) is 1. The van der Waals surface area contributed by atoms with Gasteiger partial charge in [0.1, 0.15) is 6.29 Å². The molecular weight excluding hydrogens is 343 g/mol. The molecule has 6 heteroatoms. The van der Waals surface area contributed by atoms with Crippen LogP contribution in [-0.2, 0) is 36.2 Å². The predicted octanol–water partition coefficient (Wildman–Crippen LogP) is 1.67. The zero-order valence-electron chi connectivity index (χ0n) is 9.60. The van der Waals surface area contributed by atoms with E-state index in [4.69, 9.17) is 14.4 Å². The van der Waals surface area contributed by atoms with Crippen LogP contribution in [0.15, 0.2) is 24.3 Å². The molecule has 18 heavy (non-hydrogen) atoms. The Hall–Kier alpha value is -0.841. The number of hydrogen-bond acceptors (Lipinski definition) is 4. The molecular formula is C12H13BrMnO4. The molecule has 99 valence electrons. The van der Waals surface area contributed by atoms with Crippen LogP contribution < -0.4 is 0 Å². The number of allylic oxidation sites excluding steroid dienone is 4. The van der Waals surface area contributed by atoms with Crippen LogP contribution in [0.25, 0.3) is 0 Å². The number of carbonyl (C=O) groups excluding carboxylic acids is 4. The fourth-order valence-corrected chi connectivity index (χ4v) is 0.877. The van der Waals surface area contributed by atoms with Crippen LogP contribution in [0, 0.1) is 0 Å². The molecule has 0 N–H and O–H groups in total. The minimum Gasteiger partial charge on any atom is -0.303 e. The van der Waals surface area contributed by atoms with Crippen molar-refractivity contribution < 1.29 is 36.2 Å². The molecule has 0 bridgehead atoms. The summed E-state index contributed by atoms with van der Waals surface area (Å²) in [4.78, 5) is 32.0. The third kappa shape index (κ3) is 59.3. The summed E-state index contributed by atoms with van der Waals surface area (Å²) >= 11 is 3.19. The topological polar surface area (TPSA) is 68.3 Å². The Balaban J connectivity index is -0.0000000428. The van der Waals surface area contributed by atoms with Crippen LogP contribution in [0.4, 0.5) is 0 Å². The van der Waals surface area contributed by atoms with E-state index in [1.165, 1.54) is 0 Å². The van der Waals surface area contributed by atoms with E-state index >= 15 is 0 Å². The fourth-order valence-electron chi connectivity index (χ4n) is 0.553. The maximum atomic E-state index is 9.54. The van der Waals surface area contributed by atoms with Gasteiger partial charge in [-0.25, -0.2) is 0 Å². The number of carbonyl (C=O) groups is 1. The van der Waals surface area contributed by atoms with Crippen molar-refractivity contribution in [1.29, 1.82) is 0 Å². The minimum absolute atomic E-state index is 0. The molecule has 0 heterocycles. The average Bonchev–Trinajstić information content (AvgIpc) is 3.02. The summed E-state index contributed by atoms with van der Waals surface area (Å²) < 4.78 is 0. The molecule has 0 aromatic rings. The zero-order chi connectivity index (χ0) is 14.4. The van der Waals surface area contributed by atoms with Gasteiger partial charge in [-0.05, 0) is 12.8 Å². The van der Waals surface area contributed by atoms with Crippen LogP contribution in [0.3, 0.4) is 0 Å². The molecule has 0 unspecified atom stereocenters. The van der Waals surface area contributed by atoms with Gasteiger partial charge in [0.15, 0.2) is 0 Å². The van der Waals surface area contributed by atoms with E-state index in [9.17, 15) is 4.79 Å². The Labute approximate surface area is 128 Å². The first-order valence-electron chi connectivity index (χ1n) is 4.34. The largest absolute Gasteiger partial charge is 0.303 e. The number of aldehydes is 1. The van der Waals surface area contributed by atoms with E-state index in [-0.39, 0.29) is 17.1 Å². The van der Waals surface area contributed by atoms with E-state index in [1.807, 2.05) is 0 Å². The third-order valence-electron chi connectivity index (χ3n) is 1.11. The molecule has 4 nitrogen and oxygen atoms in total. The van der Waals surface area contributed by atoms with Crippen molar-refractivity contribution in [3.05, 3.63) is 24.3 Å². The number of rotatable bonds is 3. The van der Waals surface area contributed by atoms with Crippen LogP contribution in [-0.4, -0.2) is 32.0 Å². The zero-order valence-corrected chi connectivity index (χ0v) is 12.4. The van der Waals surface area contributed by atoms with Crippen molar-refractivity contribution in [3.8, 4) is 0 Å². The van der Waals surface area contributed by atoms with Gasteiger partial charge in [0.25, 0.3) is 20.4 Å². The summed E-state index contributed by atoms with van der Waals surface area (Å²) in [6.45, 7) is 13.5. The van der Waals surface area contributed by atoms with Gasteiger partial charge in [0, 0.05) is 28.8 Å². The Kier molecular flexibility index (Phi) is 93.9. The van der Waals surface area contributed by atoms with Crippen LogP contribution in [0.1, 0.15) is 19.3 Å². The van der Waals surface area contributed by atoms with Gasteiger partial charge >= 0.3 is 0 Å². The SMILES string of the molecule is C1=CCC=C1.O=CCCCBr.[C]=O.[C]=O.[C]=O.[Mn]. The van der Waals surface area contributed by atoms with Crippen LogP contribution in [0.2, 0.25) is 0 Å². The molecule has 1 aliphatic carbocycles. The molecule has 0 aliphatic heterocycles. The quantitative estimate of drug-likeness (QED) is 0.334. The average molecular weight is 356 g/mol. The fraction of sp³-hybridized carbons (Fsp3) is 0.333. The van der Waals surface area contributed by atoms with E-state index in [0.717, 1.165) is 24.5 Å². The van der Waals surface area contributed by atoms with Crippen LogP contribution >= 0.6 is 15.9 Å². The number of alkyl halides is 1. The monoisotopic (exact) mass is 355 g/mol. The van der Waals surface area contributed by atoms with E-state index in [2.05, 4.69) is 60.6 Å². The summed E-state index contributed by atoms with van der Waals surface area (Å²) in [5, 5.41) is 0.936. The molecule has 0 fully saturated rings. The van der Waals surface area contributed by atoms with Crippen molar-refractivity contribution in [3.63, 3.8) is 0 Å². The van der Waals surface area contributed by atoms with Crippen molar-refractivity contribution in [2.24, 2.45) is 0 Å². The van der Waals surface area contributed by atoms with Crippen molar-refractivity contribution in [2.45, 2.75) is 19.3 Å². The van der Waals surface area contributed by atoms with Gasteiger partial charge in [0.2, 0.25) is 0 Å². The summed E-state index contributed by atoms with van der Waals surface area (Å²) in [5.74, 6) is 0. The smallest absolute Gasteiger partial charge is 0.281 e. The Bertz CT molecular complexity index is 172. The maximum absolute atomic E-state index is 9.54. The van der Waals surface area contributed by atoms with Gasteiger partial charge < -0.3 is 4.79 Å². The normalized spacial score (nSPS) is 8.28.